The lowest BCUT2D eigenvalue weighted by molar-refractivity contribution is 0.146. The average molecular weight is 466 g/mol. The van der Waals surface area contributed by atoms with Gasteiger partial charge in [-0.25, -0.2) is 23.1 Å². The second kappa shape index (κ2) is 8.04. The largest absolute Gasteiger partial charge is 0.363 e. The van der Waals surface area contributed by atoms with Crippen molar-refractivity contribution in [3.05, 3.63) is 63.5 Å². The Morgan fingerprint density at radius 3 is 2.69 bits per heavy atom. The van der Waals surface area contributed by atoms with Gasteiger partial charge in [0, 0.05) is 30.1 Å². The van der Waals surface area contributed by atoms with Crippen molar-refractivity contribution in [2.24, 2.45) is 13.0 Å². The van der Waals surface area contributed by atoms with Gasteiger partial charge in [0.05, 0.1) is 17.0 Å². The molecule has 32 heavy (non-hydrogen) atoms. The topological polar surface area (TPSA) is 71.8 Å². The maximum atomic E-state index is 14.6. The Bertz CT molecular complexity index is 1250. The molecule has 3 atom stereocenters. The van der Waals surface area contributed by atoms with Crippen molar-refractivity contribution < 1.29 is 13.2 Å². The van der Waals surface area contributed by atoms with Gasteiger partial charge in [0.1, 0.15) is 23.6 Å². The molecule has 5 rings (SSSR count). The molecule has 10 heteroatoms. The lowest BCUT2D eigenvalue weighted by Gasteiger charge is -2.20. The monoisotopic (exact) mass is 465 g/mol. The van der Waals surface area contributed by atoms with E-state index in [4.69, 9.17) is 0 Å². The summed E-state index contributed by atoms with van der Waals surface area (Å²) in [6, 6.07) is 5.18. The molecule has 1 saturated heterocycles. The van der Waals surface area contributed by atoms with E-state index in [1.807, 2.05) is 6.07 Å². The van der Waals surface area contributed by atoms with Crippen molar-refractivity contribution in [2.75, 3.05) is 18.4 Å². The lowest BCUT2D eigenvalue weighted by Crippen LogP contribution is -2.30. The first-order valence-electron chi connectivity index (χ1n) is 10.2. The number of anilines is 1. The standard InChI is InChI=1S/C22H22F3N5O.ClH/c1-11(13-4-3-5-14(17(13)23)18(24)25)29-19-15-6-16(22-7-12(22)8-26-9-22)21(31)30(2)20(15)28-10-27-19;/h3-6,10-12,18,26H,7-9H2,1-2H3,(H,27,28,29);1H/t11-,12?,22?;/m1./s1. The molecule has 2 aliphatic rings. The van der Waals surface area contributed by atoms with E-state index < -0.39 is 23.8 Å². The molecule has 0 bridgehead atoms. The Hall–Kier alpha value is -2.65. The fourth-order valence-corrected chi connectivity index (χ4v) is 4.85. The number of aromatic nitrogens is 3. The van der Waals surface area contributed by atoms with Gasteiger partial charge in [-0.1, -0.05) is 18.2 Å². The number of piperidine rings is 1. The summed E-state index contributed by atoms with van der Waals surface area (Å²) < 4.78 is 42.3. The molecule has 1 aromatic carbocycles. The number of aryl methyl sites for hydroxylation is 1. The molecule has 0 amide bonds. The summed E-state index contributed by atoms with van der Waals surface area (Å²) in [6.07, 6.45) is -0.591. The molecular weight excluding hydrogens is 443 g/mol. The van der Waals surface area contributed by atoms with E-state index in [1.54, 1.807) is 14.0 Å². The summed E-state index contributed by atoms with van der Waals surface area (Å²) in [5.74, 6) is -0.0553. The van der Waals surface area contributed by atoms with Crippen LogP contribution in [0.25, 0.3) is 11.0 Å². The predicted molar refractivity (Wildman–Crippen MR) is 118 cm³/mol. The van der Waals surface area contributed by atoms with Gasteiger partial charge in [-0.05, 0) is 31.9 Å². The highest BCUT2D eigenvalue weighted by Gasteiger charge is 2.59. The summed E-state index contributed by atoms with van der Waals surface area (Å²) in [4.78, 5) is 21.6. The van der Waals surface area contributed by atoms with Gasteiger partial charge < -0.3 is 10.6 Å². The minimum Gasteiger partial charge on any atom is -0.363 e. The third-order valence-electron chi connectivity index (χ3n) is 6.72. The second-order valence-corrected chi connectivity index (χ2v) is 8.49. The number of hydrogen-bond acceptors (Lipinski definition) is 5. The van der Waals surface area contributed by atoms with Gasteiger partial charge in [0.15, 0.2) is 0 Å². The number of rotatable bonds is 5. The first-order chi connectivity index (χ1) is 14.8. The zero-order valence-electron chi connectivity index (χ0n) is 17.5. The molecule has 1 aliphatic carbocycles. The van der Waals surface area contributed by atoms with Crippen LogP contribution in [0.1, 0.15) is 42.5 Å². The highest BCUT2D eigenvalue weighted by Crippen LogP contribution is 2.55. The van der Waals surface area contributed by atoms with Crippen LogP contribution in [0.5, 0.6) is 0 Å². The third-order valence-corrected chi connectivity index (χ3v) is 6.72. The molecule has 2 fully saturated rings. The SMILES string of the molecule is C[C@@H](Nc1ncnc2c1cc(C13CNCC1C3)c(=O)n2C)c1cccc(C(F)F)c1F.Cl. The van der Waals surface area contributed by atoms with Crippen LogP contribution in [-0.2, 0) is 12.5 Å². The Labute approximate surface area is 188 Å². The fourth-order valence-electron chi connectivity index (χ4n) is 4.85. The maximum absolute atomic E-state index is 14.6. The van der Waals surface area contributed by atoms with E-state index >= 15 is 0 Å². The van der Waals surface area contributed by atoms with Gasteiger partial charge >= 0.3 is 0 Å². The number of alkyl halides is 2. The average Bonchev–Trinajstić information content (AvgIpc) is 3.30. The normalized spacial score (nSPS) is 22.5. The van der Waals surface area contributed by atoms with E-state index in [9.17, 15) is 18.0 Å². The Kier molecular flexibility index (Phi) is 5.67. The molecular formula is C22H23ClF3N5O. The van der Waals surface area contributed by atoms with Gasteiger partial charge in [0.2, 0.25) is 0 Å². The Morgan fingerprint density at radius 2 is 2.03 bits per heavy atom. The van der Waals surface area contributed by atoms with Crippen molar-refractivity contribution in [1.29, 1.82) is 0 Å². The zero-order chi connectivity index (χ0) is 21.9. The number of halogens is 4. The van der Waals surface area contributed by atoms with E-state index in [-0.39, 0.29) is 28.9 Å². The number of benzene rings is 1. The van der Waals surface area contributed by atoms with Crippen molar-refractivity contribution in [2.45, 2.75) is 31.2 Å². The quantitative estimate of drug-likeness (QED) is 0.598. The van der Waals surface area contributed by atoms with Crippen LogP contribution in [0.3, 0.4) is 0 Å². The van der Waals surface area contributed by atoms with E-state index in [0.29, 0.717) is 22.8 Å². The van der Waals surface area contributed by atoms with Gasteiger partial charge in [0.25, 0.3) is 12.0 Å². The molecule has 1 aliphatic heterocycles. The zero-order valence-corrected chi connectivity index (χ0v) is 18.3. The molecule has 6 nitrogen and oxygen atoms in total. The Balaban J connectivity index is 0.00000245. The predicted octanol–water partition coefficient (Wildman–Crippen LogP) is 3.86. The van der Waals surface area contributed by atoms with Gasteiger partial charge in [-0.2, -0.15) is 0 Å². The molecule has 3 heterocycles. The molecule has 170 valence electrons. The number of pyridine rings is 1. The smallest absolute Gasteiger partial charge is 0.266 e. The van der Waals surface area contributed by atoms with Crippen LogP contribution in [0.15, 0.2) is 35.4 Å². The number of nitrogens with zero attached hydrogens (tertiary/aromatic N) is 3. The van der Waals surface area contributed by atoms with Crippen molar-refractivity contribution in [3.63, 3.8) is 0 Å². The fraction of sp³-hybridized carbons (Fsp3) is 0.409. The molecule has 2 aromatic heterocycles. The highest BCUT2D eigenvalue weighted by atomic mass is 35.5. The van der Waals surface area contributed by atoms with Crippen molar-refractivity contribution in [3.8, 4) is 0 Å². The first-order valence-corrected chi connectivity index (χ1v) is 10.2. The van der Waals surface area contributed by atoms with E-state index in [1.165, 1.54) is 23.0 Å². The van der Waals surface area contributed by atoms with Gasteiger partial charge in [-0.15, -0.1) is 12.4 Å². The van der Waals surface area contributed by atoms with Crippen LogP contribution < -0.4 is 16.2 Å². The summed E-state index contributed by atoms with van der Waals surface area (Å²) in [6.45, 7) is 3.34. The second-order valence-electron chi connectivity index (χ2n) is 8.49. The lowest BCUT2D eigenvalue weighted by atomic mass is 9.95. The number of fused-ring (bicyclic) bond motifs is 2. The molecule has 3 aromatic rings. The van der Waals surface area contributed by atoms with Crippen LogP contribution in [-0.4, -0.2) is 27.6 Å². The van der Waals surface area contributed by atoms with Crippen LogP contribution in [0, 0.1) is 11.7 Å². The molecule has 0 radical (unpaired) electrons. The maximum Gasteiger partial charge on any atom is 0.266 e. The Morgan fingerprint density at radius 1 is 1.28 bits per heavy atom. The summed E-state index contributed by atoms with van der Waals surface area (Å²) >= 11 is 0. The number of nitrogens with one attached hydrogen (secondary N) is 2. The van der Waals surface area contributed by atoms with E-state index in [0.717, 1.165) is 31.1 Å². The molecule has 0 spiro atoms. The van der Waals surface area contributed by atoms with Crippen molar-refractivity contribution >= 4 is 29.3 Å². The molecule has 2 unspecified atom stereocenters. The molecule has 1 saturated carbocycles. The summed E-state index contributed by atoms with van der Waals surface area (Å²) in [7, 11) is 1.68. The van der Waals surface area contributed by atoms with Crippen LogP contribution in [0.4, 0.5) is 19.0 Å². The first kappa shape index (κ1) is 22.5. The minimum atomic E-state index is -2.89. The highest BCUT2D eigenvalue weighted by molar-refractivity contribution is 5.87. The minimum absolute atomic E-state index is 0. The molecule has 2 N–H and O–H groups in total. The van der Waals surface area contributed by atoms with E-state index in [2.05, 4.69) is 20.6 Å². The van der Waals surface area contributed by atoms with Gasteiger partial charge in [-0.3, -0.25) is 9.36 Å². The van der Waals surface area contributed by atoms with Crippen LogP contribution in [0.2, 0.25) is 0 Å². The van der Waals surface area contributed by atoms with Crippen molar-refractivity contribution in [1.82, 2.24) is 19.9 Å². The third kappa shape index (κ3) is 3.34. The number of hydrogen-bond donors (Lipinski definition) is 2. The summed E-state index contributed by atoms with van der Waals surface area (Å²) in [5.41, 5.74) is 0.451. The summed E-state index contributed by atoms with van der Waals surface area (Å²) in [5, 5.41) is 7.12. The van der Waals surface area contributed by atoms with Crippen LogP contribution >= 0.6 is 12.4 Å².